The van der Waals surface area contributed by atoms with Gasteiger partial charge in [0.05, 0.1) is 12.1 Å². The molecule has 1 heterocycles. The van der Waals surface area contributed by atoms with Gasteiger partial charge in [0.2, 0.25) is 0 Å². The third-order valence-electron chi connectivity index (χ3n) is 4.62. The van der Waals surface area contributed by atoms with E-state index in [1.54, 1.807) is 0 Å². The Hall–Kier alpha value is -1.61. The van der Waals surface area contributed by atoms with Crippen molar-refractivity contribution in [3.8, 4) is 0 Å². The highest BCUT2D eigenvalue weighted by molar-refractivity contribution is 5.21. The van der Waals surface area contributed by atoms with E-state index < -0.39 is 0 Å². The molecule has 0 bridgehead atoms. The van der Waals surface area contributed by atoms with Crippen molar-refractivity contribution in [3.63, 3.8) is 0 Å². The first kappa shape index (κ1) is 14.3. The van der Waals surface area contributed by atoms with Gasteiger partial charge in [-0.15, -0.1) is 0 Å². The quantitative estimate of drug-likeness (QED) is 0.929. The van der Waals surface area contributed by atoms with Crippen LogP contribution in [0.5, 0.6) is 0 Å². The summed E-state index contributed by atoms with van der Waals surface area (Å²) in [6.07, 6.45) is 6.52. The van der Waals surface area contributed by atoms with Crippen LogP contribution in [0.3, 0.4) is 0 Å². The molecule has 0 amide bonds. The van der Waals surface area contributed by atoms with Gasteiger partial charge in [-0.3, -0.25) is 0 Å². The Balaban J connectivity index is 1.85. The lowest BCUT2D eigenvalue weighted by Crippen LogP contribution is -2.31. The summed E-state index contributed by atoms with van der Waals surface area (Å²) in [6, 6.07) is 10.8. The molecule has 0 saturated heterocycles. The zero-order valence-corrected chi connectivity index (χ0v) is 12.8. The Bertz CT molecular complexity index is 576. The summed E-state index contributed by atoms with van der Waals surface area (Å²) in [5, 5.41) is 10.5. The fourth-order valence-corrected chi connectivity index (χ4v) is 3.51. The van der Waals surface area contributed by atoms with E-state index in [4.69, 9.17) is 0 Å². The maximum atomic E-state index is 10.5. The average molecular weight is 284 g/mol. The van der Waals surface area contributed by atoms with Crippen LogP contribution in [0.25, 0.3) is 0 Å². The molecule has 1 aromatic carbocycles. The van der Waals surface area contributed by atoms with Gasteiger partial charge in [-0.2, -0.15) is 0 Å². The van der Waals surface area contributed by atoms with Gasteiger partial charge < -0.3 is 9.67 Å². The van der Waals surface area contributed by atoms with Gasteiger partial charge in [-0.25, -0.2) is 4.98 Å². The highest BCUT2D eigenvalue weighted by Gasteiger charge is 2.32. The Kier molecular flexibility index (Phi) is 4.11. The molecule has 1 fully saturated rings. The fourth-order valence-electron chi connectivity index (χ4n) is 3.51. The Labute approximate surface area is 126 Å². The molecular weight excluding hydrogens is 260 g/mol. The highest BCUT2D eigenvalue weighted by atomic mass is 16.3. The minimum Gasteiger partial charge on any atom is -0.391 e. The van der Waals surface area contributed by atoms with Crippen molar-refractivity contribution >= 4 is 0 Å². The van der Waals surface area contributed by atoms with Gasteiger partial charge >= 0.3 is 0 Å². The topological polar surface area (TPSA) is 38.0 Å². The van der Waals surface area contributed by atoms with Crippen molar-refractivity contribution in [1.82, 2.24) is 9.55 Å². The molecule has 3 atom stereocenters. The molecule has 1 aliphatic rings. The number of rotatable bonds is 3. The van der Waals surface area contributed by atoms with Gasteiger partial charge in [0.15, 0.2) is 0 Å². The summed E-state index contributed by atoms with van der Waals surface area (Å²) in [5.41, 5.74) is 1.39. The van der Waals surface area contributed by atoms with Crippen LogP contribution < -0.4 is 0 Å². The summed E-state index contributed by atoms with van der Waals surface area (Å²) in [5.74, 6) is 1.99. The molecule has 3 heteroatoms. The lowest BCUT2D eigenvalue weighted by Gasteiger charge is -2.35. The van der Waals surface area contributed by atoms with Crippen molar-refractivity contribution < 1.29 is 5.11 Å². The predicted octanol–water partition coefficient (Wildman–Crippen LogP) is 3.88. The zero-order valence-electron chi connectivity index (χ0n) is 12.8. The molecule has 2 aromatic rings. The summed E-state index contributed by atoms with van der Waals surface area (Å²) in [7, 11) is 0. The number of nitrogens with zero attached hydrogens (tertiary/aromatic N) is 2. The Morgan fingerprint density at radius 3 is 2.67 bits per heavy atom. The van der Waals surface area contributed by atoms with Crippen LogP contribution in [-0.4, -0.2) is 20.8 Å². The Morgan fingerprint density at radius 2 is 1.95 bits per heavy atom. The monoisotopic (exact) mass is 284 g/mol. The van der Waals surface area contributed by atoms with Gasteiger partial charge in [0.1, 0.15) is 5.82 Å². The minimum atomic E-state index is -0.267. The number of aliphatic hydroxyl groups excluding tert-OH is 1. The molecule has 1 saturated carbocycles. The number of aromatic nitrogens is 2. The van der Waals surface area contributed by atoms with Gasteiger partial charge in [0, 0.05) is 18.3 Å². The third kappa shape index (κ3) is 2.88. The van der Waals surface area contributed by atoms with E-state index in [9.17, 15) is 5.11 Å². The second kappa shape index (κ2) is 6.02. The number of hydrogen-bond donors (Lipinski definition) is 1. The van der Waals surface area contributed by atoms with E-state index in [-0.39, 0.29) is 12.1 Å². The van der Waals surface area contributed by atoms with Gasteiger partial charge in [-0.1, -0.05) is 44.2 Å². The van der Waals surface area contributed by atoms with Gasteiger partial charge in [-0.05, 0) is 30.7 Å². The standard InChI is InChI=1S/C18H24N2O/c1-13(2)18-19-10-11-20(18)16-12-15(8-9-17(16)21)14-6-4-3-5-7-14/h3-7,10-11,13,15-17,21H,8-9,12H2,1-2H3. The summed E-state index contributed by atoms with van der Waals surface area (Å²) >= 11 is 0. The molecule has 0 radical (unpaired) electrons. The fraction of sp³-hybridized carbons (Fsp3) is 0.500. The van der Waals surface area contributed by atoms with E-state index in [1.165, 1.54) is 5.56 Å². The molecule has 3 rings (SSSR count). The lowest BCUT2D eigenvalue weighted by molar-refractivity contribution is 0.0658. The molecule has 0 spiro atoms. The molecule has 3 unspecified atom stereocenters. The lowest BCUT2D eigenvalue weighted by atomic mass is 9.79. The third-order valence-corrected chi connectivity index (χ3v) is 4.62. The number of hydrogen-bond acceptors (Lipinski definition) is 2. The molecule has 21 heavy (non-hydrogen) atoms. The van der Waals surface area contributed by atoms with E-state index in [2.05, 4.69) is 53.7 Å². The van der Waals surface area contributed by atoms with Crippen molar-refractivity contribution in [1.29, 1.82) is 0 Å². The largest absolute Gasteiger partial charge is 0.391 e. The second-order valence-corrected chi connectivity index (χ2v) is 6.40. The maximum absolute atomic E-state index is 10.5. The van der Waals surface area contributed by atoms with Crippen LogP contribution in [0.2, 0.25) is 0 Å². The van der Waals surface area contributed by atoms with E-state index in [1.807, 2.05) is 12.4 Å². The van der Waals surface area contributed by atoms with Crippen molar-refractivity contribution in [2.24, 2.45) is 0 Å². The van der Waals surface area contributed by atoms with Crippen LogP contribution in [0.1, 0.15) is 62.4 Å². The van der Waals surface area contributed by atoms with E-state index in [0.29, 0.717) is 11.8 Å². The molecular formula is C18H24N2O. The molecule has 1 N–H and O–H groups in total. The average Bonchev–Trinajstić information content (AvgIpc) is 2.98. The van der Waals surface area contributed by atoms with Crippen LogP contribution in [0.15, 0.2) is 42.7 Å². The normalized spacial score (nSPS) is 26.2. The summed E-state index contributed by atoms with van der Waals surface area (Å²) in [6.45, 7) is 4.31. The summed E-state index contributed by atoms with van der Waals surface area (Å²) in [4.78, 5) is 4.47. The smallest absolute Gasteiger partial charge is 0.111 e. The first-order valence-electron chi connectivity index (χ1n) is 7.92. The molecule has 0 aliphatic heterocycles. The Morgan fingerprint density at radius 1 is 1.19 bits per heavy atom. The number of imidazole rings is 1. The highest BCUT2D eigenvalue weighted by Crippen LogP contribution is 2.39. The predicted molar refractivity (Wildman–Crippen MR) is 84.4 cm³/mol. The van der Waals surface area contributed by atoms with Crippen LogP contribution >= 0.6 is 0 Å². The molecule has 1 aliphatic carbocycles. The first-order chi connectivity index (χ1) is 10.2. The number of aliphatic hydroxyl groups is 1. The number of benzene rings is 1. The van der Waals surface area contributed by atoms with Crippen molar-refractivity contribution in [3.05, 3.63) is 54.1 Å². The van der Waals surface area contributed by atoms with Crippen LogP contribution in [0.4, 0.5) is 0 Å². The van der Waals surface area contributed by atoms with Crippen LogP contribution in [-0.2, 0) is 0 Å². The SMILES string of the molecule is CC(C)c1nccn1C1CC(c2ccccc2)CCC1O. The van der Waals surface area contributed by atoms with E-state index >= 15 is 0 Å². The van der Waals surface area contributed by atoms with E-state index in [0.717, 1.165) is 25.1 Å². The van der Waals surface area contributed by atoms with Gasteiger partial charge in [0.25, 0.3) is 0 Å². The maximum Gasteiger partial charge on any atom is 0.111 e. The zero-order chi connectivity index (χ0) is 14.8. The molecule has 1 aromatic heterocycles. The van der Waals surface area contributed by atoms with Crippen molar-refractivity contribution in [2.45, 2.75) is 57.1 Å². The van der Waals surface area contributed by atoms with Crippen molar-refractivity contribution in [2.75, 3.05) is 0 Å². The minimum absolute atomic E-state index is 0.142. The first-order valence-corrected chi connectivity index (χ1v) is 7.92. The summed E-state index contributed by atoms with van der Waals surface area (Å²) < 4.78 is 2.20. The molecule has 112 valence electrons. The second-order valence-electron chi connectivity index (χ2n) is 6.40. The molecule has 3 nitrogen and oxygen atoms in total. The van der Waals surface area contributed by atoms with Crippen LogP contribution in [0, 0.1) is 0 Å².